The van der Waals surface area contributed by atoms with Crippen molar-refractivity contribution in [3.8, 4) is 5.75 Å². The van der Waals surface area contributed by atoms with Crippen LogP contribution in [0.15, 0.2) is 39.9 Å². The van der Waals surface area contributed by atoms with Gasteiger partial charge >= 0.3 is 5.97 Å². The molecule has 2 rings (SSSR count). The highest BCUT2D eigenvalue weighted by atomic mass is 32.2. The van der Waals surface area contributed by atoms with E-state index in [0.717, 1.165) is 17.4 Å². The summed E-state index contributed by atoms with van der Waals surface area (Å²) in [6, 6.07) is 7.74. The van der Waals surface area contributed by atoms with Crippen molar-refractivity contribution in [2.75, 3.05) is 12.4 Å². The van der Waals surface area contributed by atoms with Gasteiger partial charge in [-0.25, -0.2) is 18.4 Å². The number of nitrogens with one attached hydrogen (secondary N) is 1. The van der Waals surface area contributed by atoms with Crippen LogP contribution in [0, 0.1) is 0 Å². The number of carbonyl (C=O) groups excluding carboxylic acids is 2. The number of anilines is 1. The van der Waals surface area contributed by atoms with Gasteiger partial charge in [-0.2, -0.15) is 0 Å². The van der Waals surface area contributed by atoms with Crippen LogP contribution in [0.2, 0.25) is 0 Å². The Kier molecular flexibility index (Phi) is 5.77. The van der Waals surface area contributed by atoms with Gasteiger partial charge in [0.1, 0.15) is 9.96 Å². The maximum Gasteiger partial charge on any atom is 0.339 e. The Morgan fingerprint density at radius 2 is 1.88 bits per heavy atom. The molecule has 3 N–H and O–H groups in total. The SMILES string of the molecule is COc1ccc(NC(=O)C(C)OC(=O)c2csc(S(N)(=O)=O)c2)cc1. The fourth-order valence-corrected chi connectivity index (χ4v) is 3.35. The Morgan fingerprint density at radius 1 is 1.24 bits per heavy atom. The number of hydrogen-bond acceptors (Lipinski definition) is 7. The van der Waals surface area contributed by atoms with Crippen molar-refractivity contribution < 1.29 is 27.5 Å². The minimum Gasteiger partial charge on any atom is -0.497 e. The van der Waals surface area contributed by atoms with Gasteiger partial charge in [0, 0.05) is 11.1 Å². The maximum atomic E-state index is 12.1. The molecule has 1 atom stereocenters. The van der Waals surface area contributed by atoms with Crippen LogP contribution in [0.25, 0.3) is 0 Å². The van der Waals surface area contributed by atoms with E-state index in [9.17, 15) is 18.0 Å². The first-order valence-electron chi connectivity index (χ1n) is 6.98. The molecule has 0 aliphatic carbocycles. The number of ether oxygens (including phenoxy) is 2. The number of amides is 1. The van der Waals surface area contributed by atoms with Crippen molar-refractivity contribution in [3.63, 3.8) is 0 Å². The van der Waals surface area contributed by atoms with Crippen LogP contribution in [-0.2, 0) is 19.6 Å². The number of nitrogens with two attached hydrogens (primary N) is 1. The fraction of sp³-hybridized carbons (Fsp3) is 0.200. The molecule has 25 heavy (non-hydrogen) atoms. The zero-order valence-electron chi connectivity index (χ0n) is 13.4. The van der Waals surface area contributed by atoms with Gasteiger partial charge in [-0.1, -0.05) is 0 Å². The number of sulfonamides is 1. The van der Waals surface area contributed by atoms with Crippen LogP contribution in [0.1, 0.15) is 17.3 Å². The van der Waals surface area contributed by atoms with Crippen molar-refractivity contribution in [2.24, 2.45) is 5.14 Å². The molecule has 0 aliphatic heterocycles. The Balaban J connectivity index is 1.97. The molecule has 1 aromatic carbocycles. The van der Waals surface area contributed by atoms with Crippen molar-refractivity contribution in [1.82, 2.24) is 0 Å². The number of primary sulfonamides is 1. The highest BCUT2D eigenvalue weighted by Crippen LogP contribution is 2.20. The molecular formula is C15H16N2O6S2. The lowest BCUT2D eigenvalue weighted by molar-refractivity contribution is -0.123. The maximum absolute atomic E-state index is 12.1. The molecule has 0 saturated carbocycles. The number of rotatable bonds is 6. The third-order valence-corrected chi connectivity index (χ3v) is 5.49. The third kappa shape index (κ3) is 5.02. The van der Waals surface area contributed by atoms with Gasteiger partial charge in [0.05, 0.1) is 12.7 Å². The second kappa shape index (κ2) is 7.64. The molecule has 1 heterocycles. The number of methoxy groups -OCH3 is 1. The monoisotopic (exact) mass is 384 g/mol. The number of benzene rings is 1. The summed E-state index contributed by atoms with van der Waals surface area (Å²) in [5.74, 6) is -0.704. The van der Waals surface area contributed by atoms with E-state index < -0.39 is 28.0 Å². The van der Waals surface area contributed by atoms with E-state index in [1.165, 1.54) is 19.4 Å². The van der Waals surface area contributed by atoms with Crippen LogP contribution >= 0.6 is 11.3 Å². The lowest BCUT2D eigenvalue weighted by Crippen LogP contribution is -2.29. The minimum atomic E-state index is -3.89. The van der Waals surface area contributed by atoms with Crippen molar-refractivity contribution in [2.45, 2.75) is 17.2 Å². The topological polar surface area (TPSA) is 125 Å². The summed E-state index contributed by atoms with van der Waals surface area (Å²) in [5.41, 5.74) is 0.527. The Bertz CT molecular complexity index is 874. The second-order valence-corrected chi connectivity index (χ2v) is 7.66. The van der Waals surface area contributed by atoms with E-state index >= 15 is 0 Å². The number of esters is 1. The Labute approximate surface area is 148 Å². The molecule has 0 radical (unpaired) electrons. The van der Waals surface area contributed by atoms with E-state index in [4.69, 9.17) is 14.6 Å². The summed E-state index contributed by atoms with van der Waals surface area (Å²) in [6.45, 7) is 1.41. The van der Waals surface area contributed by atoms with Crippen molar-refractivity contribution in [1.29, 1.82) is 0 Å². The molecule has 1 aromatic heterocycles. The highest BCUT2D eigenvalue weighted by molar-refractivity contribution is 7.91. The largest absolute Gasteiger partial charge is 0.497 e. The van der Waals surface area contributed by atoms with Gasteiger partial charge in [0.15, 0.2) is 6.10 Å². The fourth-order valence-electron chi connectivity index (χ4n) is 1.77. The van der Waals surface area contributed by atoms with Gasteiger partial charge in [-0.05, 0) is 37.3 Å². The summed E-state index contributed by atoms with van der Waals surface area (Å²) < 4.78 is 32.3. The smallest absolute Gasteiger partial charge is 0.339 e. The van der Waals surface area contributed by atoms with E-state index in [2.05, 4.69) is 5.32 Å². The molecule has 0 bridgehead atoms. The van der Waals surface area contributed by atoms with Crippen LogP contribution in [0.5, 0.6) is 5.75 Å². The molecule has 10 heteroatoms. The summed E-state index contributed by atoms with van der Waals surface area (Å²) in [6.07, 6.45) is -1.08. The van der Waals surface area contributed by atoms with Crippen molar-refractivity contribution in [3.05, 3.63) is 41.3 Å². The molecule has 8 nitrogen and oxygen atoms in total. The summed E-state index contributed by atoms with van der Waals surface area (Å²) in [7, 11) is -2.36. The molecular weight excluding hydrogens is 368 g/mol. The predicted molar refractivity (Wildman–Crippen MR) is 92.2 cm³/mol. The summed E-state index contributed by atoms with van der Waals surface area (Å²) >= 11 is 0.800. The third-order valence-electron chi connectivity index (χ3n) is 3.10. The first kappa shape index (κ1) is 18.9. The minimum absolute atomic E-state index is 0.0122. The van der Waals surface area contributed by atoms with E-state index in [1.807, 2.05) is 0 Å². The van der Waals surface area contributed by atoms with Gasteiger partial charge in [-0.3, -0.25) is 4.79 Å². The summed E-state index contributed by atoms with van der Waals surface area (Å²) in [4.78, 5) is 24.1. The molecule has 134 valence electrons. The average molecular weight is 384 g/mol. The predicted octanol–water partition coefficient (Wildman–Crippen LogP) is 1.59. The quantitative estimate of drug-likeness (QED) is 0.729. The number of carbonyl (C=O) groups is 2. The van der Waals surface area contributed by atoms with Crippen LogP contribution in [0.3, 0.4) is 0 Å². The lowest BCUT2D eigenvalue weighted by Gasteiger charge is -2.13. The zero-order chi connectivity index (χ0) is 18.6. The van der Waals surface area contributed by atoms with Crippen molar-refractivity contribution >= 4 is 38.9 Å². The van der Waals surface area contributed by atoms with E-state index in [-0.39, 0.29) is 9.77 Å². The molecule has 2 aromatic rings. The first-order valence-corrected chi connectivity index (χ1v) is 9.40. The van der Waals surface area contributed by atoms with Crippen LogP contribution in [-0.4, -0.2) is 33.5 Å². The normalized spacial score (nSPS) is 12.3. The molecule has 1 amide bonds. The highest BCUT2D eigenvalue weighted by Gasteiger charge is 2.21. The molecule has 0 spiro atoms. The molecule has 0 saturated heterocycles. The first-order chi connectivity index (χ1) is 11.7. The number of hydrogen-bond donors (Lipinski definition) is 2. The van der Waals surface area contributed by atoms with Gasteiger partial charge < -0.3 is 14.8 Å². The average Bonchev–Trinajstić information content (AvgIpc) is 3.06. The van der Waals surface area contributed by atoms with Gasteiger partial charge in [-0.15, -0.1) is 11.3 Å². The lowest BCUT2D eigenvalue weighted by atomic mass is 10.3. The number of thiophene rings is 1. The second-order valence-electron chi connectivity index (χ2n) is 4.96. The molecule has 1 unspecified atom stereocenters. The Morgan fingerprint density at radius 3 is 2.40 bits per heavy atom. The Hall–Kier alpha value is -2.43. The van der Waals surface area contributed by atoms with Crippen LogP contribution in [0.4, 0.5) is 5.69 Å². The zero-order valence-corrected chi connectivity index (χ0v) is 15.0. The molecule has 0 fully saturated rings. The van der Waals surface area contributed by atoms with Gasteiger partial charge in [0.2, 0.25) is 10.0 Å². The van der Waals surface area contributed by atoms with E-state index in [0.29, 0.717) is 11.4 Å². The van der Waals surface area contributed by atoms with Gasteiger partial charge in [0.25, 0.3) is 5.91 Å². The summed E-state index contributed by atoms with van der Waals surface area (Å²) in [5, 5.41) is 8.88. The van der Waals surface area contributed by atoms with Crippen LogP contribution < -0.4 is 15.2 Å². The standard InChI is InChI=1S/C15H16N2O6S2/c1-9(14(18)17-11-3-5-12(22-2)6-4-11)23-15(19)10-7-13(24-8-10)25(16,20)21/h3-9H,1-2H3,(H,17,18)(H2,16,20,21). The molecule has 0 aliphatic rings. The van der Waals surface area contributed by atoms with E-state index in [1.54, 1.807) is 24.3 Å².